The molecule has 1 aromatic heterocycles. The summed E-state index contributed by atoms with van der Waals surface area (Å²) in [5, 5.41) is 5.07. The van der Waals surface area contributed by atoms with Crippen LogP contribution in [0.4, 0.5) is 11.4 Å². The van der Waals surface area contributed by atoms with E-state index in [0.29, 0.717) is 15.6 Å². The molecule has 10 heteroatoms. The van der Waals surface area contributed by atoms with Crippen molar-refractivity contribution in [3.8, 4) is 0 Å². The molecule has 0 aliphatic carbocycles. The van der Waals surface area contributed by atoms with Gasteiger partial charge in [0.1, 0.15) is 0 Å². The lowest BCUT2D eigenvalue weighted by Crippen LogP contribution is -2.34. The molecule has 7 nitrogen and oxygen atoms in total. The largest absolute Gasteiger partial charge is 0.383 e. The van der Waals surface area contributed by atoms with E-state index in [1.54, 1.807) is 30.3 Å². The van der Waals surface area contributed by atoms with Crippen LogP contribution >= 0.6 is 22.9 Å². The van der Waals surface area contributed by atoms with Gasteiger partial charge in [-0.3, -0.25) is 4.79 Å². The molecular formula is C23H26ClN3O4S2. The number of sulfonamides is 1. The summed E-state index contributed by atoms with van der Waals surface area (Å²) in [6.07, 6.45) is 0. The molecule has 0 fully saturated rings. The van der Waals surface area contributed by atoms with E-state index in [9.17, 15) is 13.2 Å². The van der Waals surface area contributed by atoms with Crippen LogP contribution in [-0.2, 0) is 21.3 Å². The Morgan fingerprint density at radius 2 is 1.91 bits per heavy atom. The molecule has 0 bridgehead atoms. The Morgan fingerprint density at radius 3 is 2.55 bits per heavy atom. The minimum absolute atomic E-state index is 0.0917. The molecular weight excluding hydrogens is 482 g/mol. The molecule has 0 aliphatic heterocycles. The Kier molecular flexibility index (Phi) is 8.50. The third-order valence-electron chi connectivity index (χ3n) is 4.89. The Bertz CT molecular complexity index is 1200. The lowest BCUT2D eigenvalue weighted by atomic mass is 10.1. The molecule has 0 saturated heterocycles. The highest BCUT2D eigenvalue weighted by Gasteiger charge is 2.26. The van der Waals surface area contributed by atoms with Gasteiger partial charge in [0.25, 0.3) is 5.91 Å². The SMILES string of the molecule is COCCN(Cc1cc(NC(=O)c2cccs2)ccc1N(C)C)S(=O)(=O)c1cccc(Cl)c1. The van der Waals surface area contributed by atoms with E-state index < -0.39 is 10.0 Å². The molecule has 1 N–H and O–H groups in total. The van der Waals surface area contributed by atoms with Crippen molar-refractivity contribution >= 4 is 50.2 Å². The molecule has 0 saturated carbocycles. The van der Waals surface area contributed by atoms with Crippen LogP contribution in [0.15, 0.2) is 64.9 Å². The molecule has 0 atom stereocenters. The third kappa shape index (κ3) is 6.33. The van der Waals surface area contributed by atoms with Gasteiger partial charge in [-0.15, -0.1) is 11.3 Å². The van der Waals surface area contributed by atoms with Gasteiger partial charge in [0.15, 0.2) is 0 Å². The van der Waals surface area contributed by atoms with E-state index in [0.717, 1.165) is 11.3 Å². The minimum atomic E-state index is -3.84. The fourth-order valence-electron chi connectivity index (χ4n) is 3.27. The highest BCUT2D eigenvalue weighted by molar-refractivity contribution is 7.89. The van der Waals surface area contributed by atoms with Crippen LogP contribution in [0.1, 0.15) is 15.2 Å². The number of halogens is 1. The summed E-state index contributed by atoms with van der Waals surface area (Å²) < 4.78 is 33.4. The smallest absolute Gasteiger partial charge is 0.265 e. The fourth-order valence-corrected chi connectivity index (χ4v) is 5.59. The molecule has 0 aliphatic rings. The molecule has 0 unspecified atom stereocenters. The fraction of sp³-hybridized carbons (Fsp3) is 0.261. The first-order valence-corrected chi connectivity index (χ1v) is 12.8. The molecule has 3 rings (SSSR count). The summed E-state index contributed by atoms with van der Waals surface area (Å²) in [6.45, 7) is 0.477. The summed E-state index contributed by atoms with van der Waals surface area (Å²) in [6, 6.07) is 15.2. The van der Waals surface area contributed by atoms with Crippen molar-refractivity contribution in [1.82, 2.24) is 4.31 Å². The van der Waals surface area contributed by atoms with E-state index >= 15 is 0 Å². The van der Waals surface area contributed by atoms with Gasteiger partial charge in [0.2, 0.25) is 10.0 Å². The summed E-state index contributed by atoms with van der Waals surface area (Å²) in [5.41, 5.74) is 2.17. The lowest BCUT2D eigenvalue weighted by Gasteiger charge is -2.25. The first-order valence-electron chi connectivity index (χ1n) is 10.1. The van der Waals surface area contributed by atoms with Crippen molar-refractivity contribution in [1.29, 1.82) is 0 Å². The number of nitrogens with zero attached hydrogens (tertiary/aromatic N) is 2. The summed E-state index contributed by atoms with van der Waals surface area (Å²) in [7, 11) is 1.45. The summed E-state index contributed by atoms with van der Waals surface area (Å²) in [5.74, 6) is -0.212. The topological polar surface area (TPSA) is 79.0 Å². The molecule has 176 valence electrons. The van der Waals surface area contributed by atoms with Crippen molar-refractivity contribution in [2.45, 2.75) is 11.4 Å². The lowest BCUT2D eigenvalue weighted by molar-refractivity contribution is 0.103. The minimum Gasteiger partial charge on any atom is -0.383 e. The van der Waals surface area contributed by atoms with E-state index in [1.165, 1.54) is 34.9 Å². The maximum atomic E-state index is 13.4. The van der Waals surface area contributed by atoms with E-state index in [4.69, 9.17) is 16.3 Å². The Morgan fingerprint density at radius 1 is 1.12 bits per heavy atom. The Balaban J connectivity index is 1.95. The van der Waals surface area contributed by atoms with Gasteiger partial charge < -0.3 is 15.0 Å². The number of ether oxygens (including phenoxy) is 1. The van der Waals surface area contributed by atoms with Crippen molar-refractivity contribution in [2.75, 3.05) is 44.6 Å². The van der Waals surface area contributed by atoms with Gasteiger partial charge in [0.05, 0.1) is 16.4 Å². The molecule has 3 aromatic rings. The molecule has 2 aromatic carbocycles. The van der Waals surface area contributed by atoms with Crippen molar-refractivity contribution in [2.24, 2.45) is 0 Å². The zero-order valence-corrected chi connectivity index (χ0v) is 21.0. The van der Waals surface area contributed by atoms with Crippen LogP contribution in [-0.4, -0.2) is 53.0 Å². The van der Waals surface area contributed by atoms with Crippen LogP contribution < -0.4 is 10.2 Å². The number of methoxy groups -OCH3 is 1. The second kappa shape index (κ2) is 11.1. The molecule has 0 radical (unpaired) electrons. The van der Waals surface area contributed by atoms with Gasteiger partial charge in [-0.05, 0) is 53.4 Å². The highest BCUT2D eigenvalue weighted by atomic mass is 35.5. The summed E-state index contributed by atoms with van der Waals surface area (Å²) >= 11 is 7.40. The predicted molar refractivity (Wildman–Crippen MR) is 134 cm³/mol. The quantitative estimate of drug-likeness (QED) is 0.435. The van der Waals surface area contributed by atoms with E-state index in [-0.39, 0.29) is 30.5 Å². The van der Waals surface area contributed by atoms with E-state index in [1.807, 2.05) is 36.5 Å². The average Bonchev–Trinajstić information content (AvgIpc) is 3.31. The zero-order chi connectivity index (χ0) is 24.0. The van der Waals surface area contributed by atoms with Crippen molar-refractivity contribution in [3.63, 3.8) is 0 Å². The maximum Gasteiger partial charge on any atom is 0.265 e. The zero-order valence-electron chi connectivity index (χ0n) is 18.6. The number of carbonyl (C=O) groups excluding carboxylic acids is 1. The predicted octanol–water partition coefficient (Wildman–Crippen LogP) is 4.56. The van der Waals surface area contributed by atoms with Crippen LogP contribution in [0.25, 0.3) is 0 Å². The third-order valence-corrected chi connectivity index (χ3v) is 7.83. The molecule has 1 heterocycles. The summed E-state index contributed by atoms with van der Waals surface area (Å²) in [4.78, 5) is 15.1. The van der Waals surface area contributed by atoms with E-state index in [2.05, 4.69) is 5.32 Å². The van der Waals surface area contributed by atoms with Gasteiger partial charge in [0, 0.05) is 50.7 Å². The number of carbonyl (C=O) groups is 1. The Labute approximate surface area is 203 Å². The van der Waals surface area contributed by atoms with Gasteiger partial charge in [-0.25, -0.2) is 8.42 Å². The number of nitrogens with one attached hydrogen (secondary N) is 1. The van der Waals surface area contributed by atoms with Gasteiger partial charge in [-0.1, -0.05) is 23.7 Å². The molecule has 1 amide bonds. The number of anilines is 2. The van der Waals surface area contributed by atoms with Crippen LogP contribution in [0.2, 0.25) is 5.02 Å². The van der Waals surface area contributed by atoms with Crippen molar-refractivity contribution in [3.05, 3.63) is 75.4 Å². The van der Waals surface area contributed by atoms with Gasteiger partial charge in [-0.2, -0.15) is 4.31 Å². The second-order valence-corrected chi connectivity index (χ2v) is 10.8. The highest BCUT2D eigenvalue weighted by Crippen LogP contribution is 2.28. The average molecular weight is 508 g/mol. The van der Waals surface area contributed by atoms with Gasteiger partial charge >= 0.3 is 0 Å². The number of hydrogen-bond donors (Lipinski definition) is 1. The Hall–Kier alpha value is -2.43. The number of hydrogen-bond acceptors (Lipinski definition) is 6. The van der Waals surface area contributed by atoms with Crippen molar-refractivity contribution < 1.29 is 17.9 Å². The molecule has 33 heavy (non-hydrogen) atoms. The first-order chi connectivity index (χ1) is 15.7. The second-order valence-electron chi connectivity index (χ2n) is 7.46. The maximum absolute atomic E-state index is 13.4. The van der Waals surface area contributed by atoms with Crippen LogP contribution in [0, 0.1) is 0 Å². The number of rotatable bonds is 10. The van der Waals surface area contributed by atoms with Crippen LogP contribution in [0.3, 0.4) is 0 Å². The normalized spacial score (nSPS) is 11.5. The number of amides is 1. The standard InChI is InChI=1S/C23H26ClN3O4S2/c1-26(2)21-10-9-19(25-23(28)22-8-5-13-32-22)14-17(21)16-27(11-12-31-3)33(29,30)20-7-4-6-18(24)15-20/h4-10,13-15H,11-12,16H2,1-3H3,(H,25,28). The monoisotopic (exact) mass is 507 g/mol. The number of thiophene rings is 1. The first kappa shape index (κ1) is 25.2. The van der Waals surface area contributed by atoms with Crippen LogP contribution in [0.5, 0.6) is 0 Å². The number of benzene rings is 2. The molecule has 0 spiro atoms.